The molecule has 5 heteroatoms. The maximum Gasteiger partial charge on any atom is 0.157 e. The highest BCUT2D eigenvalue weighted by atomic mass is 15.1. The van der Waals surface area contributed by atoms with E-state index < -0.39 is 0 Å². The van der Waals surface area contributed by atoms with Crippen LogP contribution in [0.2, 0.25) is 0 Å². The molecule has 1 N–H and O–H groups in total. The van der Waals surface area contributed by atoms with Gasteiger partial charge < -0.3 is 10.2 Å². The van der Waals surface area contributed by atoms with Crippen molar-refractivity contribution in [1.29, 1.82) is 5.26 Å². The number of para-hydroxylation sites is 2. The normalized spacial score (nSPS) is 13.9. The lowest BCUT2D eigenvalue weighted by Gasteiger charge is -2.23. The van der Waals surface area contributed by atoms with Crippen LogP contribution in [0, 0.1) is 11.3 Å². The summed E-state index contributed by atoms with van der Waals surface area (Å²) in [4.78, 5) is 7.01. The third-order valence-corrected chi connectivity index (χ3v) is 5.25. The molecule has 0 unspecified atom stereocenters. The van der Waals surface area contributed by atoms with Gasteiger partial charge in [-0.1, -0.05) is 12.1 Å². The predicted octanol–water partition coefficient (Wildman–Crippen LogP) is 3.60. The Morgan fingerprint density at radius 1 is 1.19 bits per heavy atom. The van der Waals surface area contributed by atoms with E-state index in [4.69, 9.17) is 4.98 Å². The molecule has 0 atom stereocenters. The number of benzene rings is 1. The summed E-state index contributed by atoms with van der Waals surface area (Å²) in [5.74, 6) is 1.14. The standard InChI is InChI=1S/C21H25N5/c1-25(2)13-7-12-23-20-16-9-4-3-8-15(16)17(14-22)21-24-18-10-5-6-11-19(18)26(20)21/h5-6,10-11,23H,3-4,7-9,12-13H2,1-2H3. The minimum absolute atomic E-state index is 0.759. The molecular formula is C21H25N5. The monoisotopic (exact) mass is 347 g/mol. The number of nitriles is 1. The van der Waals surface area contributed by atoms with Crippen LogP contribution in [-0.2, 0) is 12.8 Å². The fourth-order valence-corrected chi connectivity index (χ4v) is 4.04. The second-order valence-electron chi connectivity index (χ2n) is 7.34. The molecular weight excluding hydrogens is 322 g/mol. The van der Waals surface area contributed by atoms with E-state index in [2.05, 4.69) is 40.8 Å². The number of rotatable bonds is 5. The highest BCUT2D eigenvalue weighted by molar-refractivity contribution is 5.86. The van der Waals surface area contributed by atoms with E-state index in [0.29, 0.717) is 0 Å². The lowest BCUT2D eigenvalue weighted by molar-refractivity contribution is 0.405. The summed E-state index contributed by atoms with van der Waals surface area (Å²) in [7, 11) is 4.20. The van der Waals surface area contributed by atoms with Gasteiger partial charge in [-0.3, -0.25) is 4.40 Å². The number of hydrogen-bond acceptors (Lipinski definition) is 4. The molecule has 0 spiro atoms. The van der Waals surface area contributed by atoms with Crippen LogP contribution in [0.5, 0.6) is 0 Å². The smallest absolute Gasteiger partial charge is 0.157 e. The number of nitrogens with one attached hydrogen (secondary N) is 1. The van der Waals surface area contributed by atoms with Crippen molar-refractivity contribution in [2.75, 3.05) is 32.5 Å². The summed E-state index contributed by atoms with van der Waals surface area (Å²) in [5, 5.41) is 13.5. The van der Waals surface area contributed by atoms with Crippen molar-refractivity contribution in [3.63, 3.8) is 0 Å². The molecule has 1 aliphatic carbocycles. The van der Waals surface area contributed by atoms with Gasteiger partial charge in [0, 0.05) is 6.54 Å². The topological polar surface area (TPSA) is 56.4 Å². The first-order valence-corrected chi connectivity index (χ1v) is 9.44. The zero-order valence-corrected chi connectivity index (χ0v) is 15.5. The Balaban J connectivity index is 1.91. The second kappa shape index (κ2) is 6.97. The molecule has 0 saturated carbocycles. The van der Waals surface area contributed by atoms with Crippen LogP contribution in [0.25, 0.3) is 16.7 Å². The number of fused-ring (bicyclic) bond motifs is 4. The molecule has 0 radical (unpaired) electrons. The number of anilines is 1. The average Bonchev–Trinajstić information content (AvgIpc) is 3.03. The molecule has 0 fully saturated rings. The molecule has 0 bridgehead atoms. The van der Waals surface area contributed by atoms with E-state index in [-0.39, 0.29) is 0 Å². The Hall–Kier alpha value is -2.58. The highest BCUT2D eigenvalue weighted by Gasteiger charge is 2.24. The quantitative estimate of drug-likeness (QED) is 0.717. The molecule has 0 amide bonds. The summed E-state index contributed by atoms with van der Waals surface area (Å²) >= 11 is 0. The summed E-state index contributed by atoms with van der Waals surface area (Å²) in [6, 6.07) is 10.6. The average molecular weight is 347 g/mol. The lowest BCUT2D eigenvalue weighted by Crippen LogP contribution is -2.19. The predicted molar refractivity (Wildman–Crippen MR) is 106 cm³/mol. The summed E-state index contributed by atoms with van der Waals surface area (Å²) in [6.45, 7) is 1.97. The minimum Gasteiger partial charge on any atom is -0.371 e. The van der Waals surface area contributed by atoms with Crippen molar-refractivity contribution < 1.29 is 0 Å². The number of pyridine rings is 1. The van der Waals surface area contributed by atoms with Crippen LogP contribution in [0.4, 0.5) is 5.82 Å². The van der Waals surface area contributed by atoms with Gasteiger partial charge in [0.2, 0.25) is 0 Å². The Morgan fingerprint density at radius 2 is 1.96 bits per heavy atom. The van der Waals surface area contributed by atoms with Crippen molar-refractivity contribution >= 4 is 22.5 Å². The second-order valence-corrected chi connectivity index (χ2v) is 7.34. The largest absolute Gasteiger partial charge is 0.371 e. The number of hydrogen-bond donors (Lipinski definition) is 1. The maximum absolute atomic E-state index is 9.85. The van der Waals surface area contributed by atoms with E-state index >= 15 is 0 Å². The molecule has 2 heterocycles. The van der Waals surface area contributed by atoms with Crippen molar-refractivity contribution in [1.82, 2.24) is 14.3 Å². The molecule has 134 valence electrons. The van der Waals surface area contributed by atoms with Crippen molar-refractivity contribution in [2.24, 2.45) is 0 Å². The van der Waals surface area contributed by atoms with Crippen molar-refractivity contribution in [3.8, 4) is 6.07 Å². The molecule has 1 aliphatic rings. The van der Waals surface area contributed by atoms with Gasteiger partial charge in [0.15, 0.2) is 5.65 Å². The van der Waals surface area contributed by atoms with E-state index in [9.17, 15) is 5.26 Å². The van der Waals surface area contributed by atoms with Crippen molar-refractivity contribution in [2.45, 2.75) is 32.1 Å². The molecule has 2 aromatic heterocycles. The van der Waals surface area contributed by atoms with Gasteiger partial charge >= 0.3 is 0 Å². The van der Waals surface area contributed by atoms with E-state index in [0.717, 1.165) is 66.8 Å². The lowest BCUT2D eigenvalue weighted by atomic mass is 9.89. The first-order chi connectivity index (χ1) is 12.7. The van der Waals surface area contributed by atoms with Gasteiger partial charge in [-0.15, -0.1) is 0 Å². The Labute approximate surface area is 154 Å². The molecule has 1 aromatic carbocycles. The first kappa shape index (κ1) is 16.9. The van der Waals surface area contributed by atoms with Crippen LogP contribution in [0.1, 0.15) is 36.0 Å². The fourth-order valence-electron chi connectivity index (χ4n) is 4.04. The number of imidazole rings is 1. The third kappa shape index (κ3) is 2.81. The van der Waals surface area contributed by atoms with E-state index in [1.54, 1.807) is 0 Å². The number of nitrogens with zero attached hydrogens (tertiary/aromatic N) is 4. The zero-order chi connectivity index (χ0) is 18.1. The van der Waals surface area contributed by atoms with E-state index in [1.165, 1.54) is 17.5 Å². The van der Waals surface area contributed by atoms with Gasteiger partial charge in [-0.05, 0) is 76.0 Å². The minimum atomic E-state index is 0.759. The van der Waals surface area contributed by atoms with Gasteiger partial charge in [0.05, 0.1) is 16.6 Å². The van der Waals surface area contributed by atoms with Crippen LogP contribution in [0.3, 0.4) is 0 Å². The van der Waals surface area contributed by atoms with E-state index in [1.807, 2.05) is 18.2 Å². The molecule has 0 saturated heterocycles. The third-order valence-electron chi connectivity index (χ3n) is 5.25. The highest BCUT2D eigenvalue weighted by Crippen LogP contribution is 2.35. The van der Waals surface area contributed by atoms with Gasteiger partial charge in [0.1, 0.15) is 11.9 Å². The zero-order valence-electron chi connectivity index (χ0n) is 15.5. The Morgan fingerprint density at radius 3 is 2.73 bits per heavy atom. The maximum atomic E-state index is 9.85. The van der Waals surface area contributed by atoms with Gasteiger partial charge in [0.25, 0.3) is 0 Å². The van der Waals surface area contributed by atoms with Crippen LogP contribution in [-0.4, -0.2) is 41.5 Å². The van der Waals surface area contributed by atoms with Crippen LogP contribution >= 0.6 is 0 Å². The molecule has 5 nitrogen and oxygen atoms in total. The first-order valence-electron chi connectivity index (χ1n) is 9.44. The summed E-state index contributed by atoms with van der Waals surface area (Å²) in [6.07, 6.45) is 5.42. The van der Waals surface area contributed by atoms with Crippen LogP contribution in [0.15, 0.2) is 24.3 Å². The Bertz CT molecular complexity index is 993. The SMILES string of the molecule is CN(C)CCCNc1c2c(c(C#N)c3nc4ccccc4n13)CCCC2. The molecule has 4 rings (SSSR count). The van der Waals surface area contributed by atoms with Crippen LogP contribution < -0.4 is 5.32 Å². The molecule has 0 aliphatic heterocycles. The van der Waals surface area contributed by atoms with Gasteiger partial charge in [-0.2, -0.15) is 5.26 Å². The summed E-state index contributed by atoms with van der Waals surface area (Å²) < 4.78 is 2.17. The number of aromatic nitrogens is 2. The van der Waals surface area contributed by atoms with Crippen molar-refractivity contribution in [3.05, 3.63) is 41.0 Å². The fraction of sp³-hybridized carbons (Fsp3) is 0.429. The molecule has 26 heavy (non-hydrogen) atoms. The summed E-state index contributed by atoms with van der Waals surface area (Å²) in [5.41, 5.74) is 6.09. The van der Waals surface area contributed by atoms with Gasteiger partial charge in [-0.25, -0.2) is 4.98 Å². The molecule has 3 aromatic rings. The Kier molecular flexibility index (Phi) is 4.52.